The Balaban J connectivity index is 2.15. The lowest BCUT2D eigenvalue weighted by atomic mass is 10.2. The number of benzene rings is 1. The Hall–Kier alpha value is -2.21. The van der Waals surface area contributed by atoms with E-state index in [0.717, 1.165) is 17.6 Å². The van der Waals surface area contributed by atoms with Gasteiger partial charge in [0, 0.05) is 5.56 Å². The Morgan fingerprint density at radius 2 is 2.05 bits per heavy atom. The normalized spacial score (nSPS) is 10.1. The Morgan fingerprint density at radius 1 is 1.35 bits per heavy atom. The summed E-state index contributed by atoms with van der Waals surface area (Å²) in [5, 5.41) is 0.365. The second-order valence-corrected chi connectivity index (χ2v) is 4.87. The van der Waals surface area contributed by atoms with Gasteiger partial charge in [0.25, 0.3) is 5.19 Å². The van der Waals surface area contributed by atoms with Gasteiger partial charge in [0.2, 0.25) is 0 Å². The van der Waals surface area contributed by atoms with E-state index in [-0.39, 0.29) is 0 Å². The first-order chi connectivity index (χ1) is 9.63. The maximum atomic E-state index is 11.7. The molecule has 1 aromatic heterocycles. The van der Waals surface area contributed by atoms with Gasteiger partial charge < -0.3 is 9.47 Å². The van der Waals surface area contributed by atoms with Crippen molar-refractivity contribution in [3.8, 4) is 10.9 Å². The number of carbonyl (C=O) groups excluding carboxylic acids is 2. The fourth-order valence-corrected chi connectivity index (χ4v) is 2.35. The predicted molar refractivity (Wildman–Crippen MR) is 74.7 cm³/mol. The van der Waals surface area contributed by atoms with Crippen molar-refractivity contribution in [2.24, 2.45) is 0 Å². The van der Waals surface area contributed by atoms with Crippen LogP contribution in [0.3, 0.4) is 0 Å². The SMILES string of the molecule is CCOC(=O)c1sc(Oc2ccc(C=O)cc2)nc1C. The van der Waals surface area contributed by atoms with Crippen molar-refractivity contribution in [1.29, 1.82) is 0 Å². The molecule has 1 heterocycles. The van der Waals surface area contributed by atoms with E-state index in [0.29, 0.717) is 33.7 Å². The average Bonchev–Trinajstić information content (AvgIpc) is 2.81. The number of carbonyl (C=O) groups is 2. The molecule has 5 nitrogen and oxygen atoms in total. The van der Waals surface area contributed by atoms with Crippen LogP contribution in [0.15, 0.2) is 24.3 Å². The first-order valence-electron chi connectivity index (χ1n) is 6.01. The molecule has 2 aromatic rings. The van der Waals surface area contributed by atoms with Gasteiger partial charge >= 0.3 is 5.97 Å². The molecule has 6 heteroatoms. The predicted octanol–water partition coefficient (Wildman–Crippen LogP) is 3.23. The summed E-state index contributed by atoms with van der Waals surface area (Å²) >= 11 is 1.13. The molecule has 0 saturated carbocycles. The van der Waals surface area contributed by atoms with Crippen LogP contribution in [0.2, 0.25) is 0 Å². The summed E-state index contributed by atoms with van der Waals surface area (Å²) in [6, 6.07) is 6.64. The second-order valence-electron chi connectivity index (χ2n) is 3.90. The minimum Gasteiger partial charge on any atom is -0.462 e. The van der Waals surface area contributed by atoms with Crippen LogP contribution in [0.4, 0.5) is 0 Å². The fraction of sp³-hybridized carbons (Fsp3) is 0.214. The van der Waals surface area contributed by atoms with Gasteiger partial charge in [-0.1, -0.05) is 11.3 Å². The number of aldehydes is 1. The van der Waals surface area contributed by atoms with Gasteiger partial charge in [0.1, 0.15) is 16.9 Å². The van der Waals surface area contributed by atoms with Crippen molar-refractivity contribution in [1.82, 2.24) is 4.98 Å². The molecule has 0 bridgehead atoms. The molecule has 0 aliphatic heterocycles. The molecule has 1 aromatic carbocycles. The van der Waals surface area contributed by atoms with Crippen LogP contribution in [-0.2, 0) is 4.74 Å². The number of esters is 1. The van der Waals surface area contributed by atoms with E-state index < -0.39 is 5.97 Å². The molecule has 104 valence electrons. The second kappa shape index (κ2) is 6.29. The van der Waals surface area contributed by atoms with Crippen LogP contribution in [-0.4, -0.2) is 23.8 Å². The number of rotatable bonds is 5. The van der Waals surface area contributed by atoms with Crippen LogP contribution < -0.4 is 4.74 Å². The average molecular weight is 291 g/mol. The Kier molecular flexibility index (Phi) is 4.47. The van der Waals surface area contributed by atoms with Crippen LogP contribution in [0.1, 0.15) is 32.6 Å². The summed E-state index contributed by atoms with van der Waals surface area (Å²) in [6.45, 7) is 3.80. The number of thiazole rings is 1. The summed E-state index contributed by atoms with van der Waals surface area (Å²) in [6.07, 6.45) is 0.760. The smallest absolute Gasteiger partial charge is 0.350 e. The highest BCUT2D eigenvalue weighted by atomic mass is 32.1. The summed E-state index contributed by atoms with van der Waals surface area (Å²) in [5.74, 6) is 0.161. The van der Waals surface area contributed by atoms with E-state index >= 15 is 0 Å². The largest absolute Gasteiger partial charge is 0.462 e. The van der Waals surface area contributed by atoms with Gasteiger partial charge in [0.15, 0.2) is 0 Å². The monoisotopic (exact) mass is 291 g/mol. The zero-order valence-electron chi connectivity index (χ0n) is 11.1. The third-order valence-electron chi connectivity index (χ3n) is 2.46. The van der Waals surface area contributed by atoms with Crippen molar-refractivity contribution in [3.05, 3.63) is 40.4 Å². The fourth-order valence-electron chi connectivity index (χ4n) is 1.52. The minimum atomic E-state index is -0.395. The van der Waals surface area contributed by atoms with Crippen LogP contribution in [0.25, 0.3) is 0 Å². The maximum Gasteiger partial charge on any atom is 0.350 e. The van der Waals surface area contributed by atoms with Crippen molar-refractivity contribution in [3.63, 3.8) is 0 Å². The van der Waals surface area contributed by atoms with Crippen LogP contribution in [0.5, 0.6) is 10.9 Å². The highest BCUT2D eigenvalue weighted by Crippen LogP contribution is 2.29. The minimum absolute atomic E-state index is 0.319. The van der Waals surface area contributed by atoms with Crippen molar-refractivity contribution in [2.45, 2.75) is 13.8 Å². The summed E-state index contributed by atoms with van der Waals surface area (Å²) < 4.78 is 10.5. The molecule has 0 unspecified atom stereocenters. The van der Waals surface area contributed by atoms with E-state index in [1.807, 2.05) is 0 Å². The van der Waals surface area contributed by atoms with Gasteiger partial charge in [-0.25, -0.2) is 9.78 Å². The zero-order chi connectivity index (χ0) is 14.5. The van der Waals surface area contributed by atoms with Crippen LogP contribution >= 0.6 is 11.3 Å². The van der Waals surface area contributed by atoms with Crippen LogP contribution in [0, 0.1) is 6.92 Å². The summed E-state index contributed by atoms with van der Waals surface area (Å²) in [4.78, 5) is 26.8. The number of aromatic nitrogens is 1. The molecular formula is C14H13NO4S. The molecule has 0 fully saturated rings. The molecular weight excluding hydrogens is 278 g/mol. The lowest BCUT2D eigenvalue weighted by molar-refractivity contribution is 0.0531. The number of ether oxygens (including phenoxy) is 2. The van der Waals surface area contributed by atoms with Crippen molar-refractivity contribution >= 4 is 23.6 Å². The molecule has 2 rings (SSSR count). The molecule has 0 amide bonds. The number of hydrogen-bond donors (Lipinski definition) is 0. The lowest BCUT2D eigenvalue weighted by Gasteiger charge is -2.00. The molecule has 0 radical (unpaired) electrons. The number of aryl methyl sites for hydroxylation is 1. The third-order valence-corrected chi connectivity index (χ3v) is 3.47. The van der Waals surface area contributed by atoms with Gasteiger partial charge in [0.05, 0.1) is 12.3 Å². The zero-order valence-corrected chi connectivity index (χ0v) is 11.9. The Labute approximate surface area is 120 Å². The first kappa shape index (κ1) is 14.2. The Morgan fingerprint density at radius 3 is 2.65 bits per heavy atom. The molecule has 0 aliphatic carbocycles. The van der Waals surface area contributed by atoms with Gasteiger partial charge in [-0.3, -0.25) is 4.79 Å². The number of hydrogen-bond acceptors (Lipinski definition) is 6. The topological polar surface area (TPSA) is 65.5 Å². The van der Waals surface area contributed by atoms with Gasteiger partial charge in [-0.15, -0.1) is 0 Å². The van der Waals surface area contributed by atoms with E-state index in [9.17, 15) is 9.59 Å². The molecule has 0 atom stereocenters. The third kappa shape index (κ3) is 3.21. The van der Waals surface area contributed by atoms with Gasteiger partial charge in [-0.2, -0.15) is 0 Å². The van der Waals surface area contributed by atoms with Crippen molar-refractivity contribution < 1.29 is 19.1 Å². The molecule has 0 aliphatic rings. The first-order valence-corrected chi connectivity index (χ1v) is 6.83. The van der Waals surface area contributed by atoms with E-state index in [1.54, 1.807) is 38.1 Å². The van der Waals surface area contributed by atoms with Gasteiger partial charge in [-0.05, 0) is 38.1 Å². The Bertz CT molecular complexity index is 619. The van der Waals surface area contributed by atoms with E-state index in [1.165, 1.54) is 0 Å². The van der Waals surface area contributed by atoms with Crippen molar-refractivity contribution in [2.75, 3.05) is 6.61 Å². The standard InChI is InChI=1S/C14H13NO4S/c1-3-18-13(17)12-9(2)15-14(20-12)19-11-6-4-10(8-16)5-7-11/h4-8H,3H2,1-2H3. The molecule has 0 N–H and O–H groups in total. The van der Waals surface area contributed by atoms with E-state index in [2.05, 4.69) is 4.98 Å². The highest BCUT2D eigenvalue weighted by Gasteiger charge is 2.17. The quantitative estimate of drug-likeness (QED) is 0.625. The molecule has 0 saturated heterocycles. The lowest BCUT2D eigenvalue weighted by Crippen LogP contribution is -2.03. The summed E-state index contributed by atoms with van der Waals surface area (Å²) in [5.41, 5.74) is 1.15. The maximum absolute atomic E-state index is 11.7. The highest BCUT2D eigenvalue weighted by molar-refractivity contribution is 7.15. The van der Waals surface area contributed by atoms with E-state index in [4.69, 9.17) is 9.47 Å². The number of nitrogens with zero attached hydrogens (tertiary/aromatic N) is 1. The molecule has 20 heavy (non-hydrogen) atoms. The molecule has 0 spiro atoms. The summed E-state index contributed by atoms with van der Waals surface area (Å²) in [7, 11) is 0.